The molecule has 0 radical (unpaired) electrons. The van der Waals surface area contributed by atoms with E-state index in [-0.39, 0.29) is 29.0 Å². The SMILES string of the molecule is O=C(O)c1cc([N+](=O)[O-])ccc1CONc1ccc(Cc2ccc(NC(=O)c3ccc([N+](=O)[O-])cc3C(=O)O)cc2)cc1. The number of rotatable bonds is 12. The van der Waals surface area contributed by atoms with Crippen molar-refractivity contribution in [2.45, 2.75) is 13.0 Å². The summed E-state index contributed by atoms with van der Waals surface area (Å²) in [7, 11) is 0. The summed E-state index contributed by atoms with van der Waals surface area (Å²) in [6.07, 6.45) is 0.547. The molecule has 0 atom stereocenters. The molecule has 14 nitrogen and oxygen atoms in total. The molecule has 43 heavy (non-hydrogen) atoms. The number of hydrogen-bond donors (Lipinski definition) is 4. The van der Waals surface area contributed by atoms with E-state index in [9.17, 15) is 44.8 Å². The maximum Gasteiger partial charge on any atom is 0.336 e. The number of carboxylic acid groups (broad SMARTS) is 2. The lowest BCUT2D eigenvalue weighted by Crippen LogP contribution is -2.16. The fourth-order valence-electron chi connectivity index (χ4n) is 4.05. The molecular formula is C29H22N4O10. The van der Waals surface area contributed by atoms with Crippen molar-refractivity contribution in [3.8, 4) is 0 Å². The van der Waals surface area contributed by atoms with Gasteiger partial charge in [-0.3, -0.25) is 35.3 Å². The summed E-state index contributed by atoms with van der Waals surface area (Å²) in [6.45, 7) is -0.147. The van der Waals surface area contributed by atoms with Crippen LogP contribution in [-0.4, -0.2) is 37.9 Å². The summed E-state index contributed by atoms with van der Waals surface area (Å²) in [5, 5.41) is 43.1. The maximum atomic E-state index is 12.7. The van der Waals surface area contributed by atoms with Gasteiger partial charge in [0.05, 0.1) is 32.2 Å². The second-order valence-corrected chi connectivity index (χ2v) is 9.11. The minimum atomic E-state index is -1.46. The number of non-ortho nitro benzene ring substituents is 2. The summed E-state index contributed by atoms with van der Waals surface area (Å²) >= 11 is 0. The molecular weight excluding hydrogens is 564 g/mol. The van der Waals surface area contributed by atoms with Crippen LogP contribution < -0.4 is 10.8 Å². The largest absolute Gasteiger partial charge is 0.478 e. The molecule has 0 bridgehead atoms. The summed E-state index contributed by atoms with van der Waals surface area (Å²) in [4.78, 5) is 61.4. The Morgan fingerprint density at radius 1 is 0.674 bits per heavy atom. The predicted octanol–water partition coefficient (Wildman–Crippen LogP) is 5.29. The first-order chi connectivity index (χ1) is 20.5. The molecule has 0 aliphatic heterocycles. The zero-order valence-electron chi connectivity index (χ0n) is 22.1. The second-order valence-electron chi connectivity index (χ2n) is 9.11. The number of carbonyl (C=O) groups is 3. The zero-order valence-corrected chi connectivity index (χ0v) is 22.1. The number of carboxylic acids is 2. The van der Waals surface area contributed by atoms with Gasteiger partial charge in [0.1, 0.15) is 6.61 Å². The number of benzene rings is 4. The molecule has 0 aliphatic carbocycles. The van der Waals surface area contributed by atoms with E-state index in [1.54, 1.807) is 36.4 Å². The first-order valence-electron chi connectivity index (χ1n) is 12.4. The number of amides is 1. The zero-order chi connectivity index (χ0) is 31.1. The first-order valence-corrected chi connectivity index (χ1v) is 12.4. The van der Waals surface area contributed by atoms with E-state index in [0.29, 0.717) is 17.8 Å². The van der Waals surface area contributed by atoms with Crippen molar-refractivity contribution < 1.29 is 39.3 Å². The lowest BCUT2D eigenvalue weighted by Gasteiger charge is -2.10. The minimum absolute atomic E-state index is 0.147. The number of hydrogen-bond acceptors (Lipinski definition) is 9. The molecule has 0 saturated carbocycles. The molecule has 4 N–H and O–H groups in total. The Morgan fingerprint density at radius 2 is 1.19 bits per heavy atom. The van der Waals surface area contributed by atoms with Gasteiger partial charge in [-0.2, -0.15) is 0 Å². The number of anilines is 2. The molecule has 0 fully saturated rings. The predicted molar refractivity (Wildman–Crippen MR) is 152 cm³/mol. The monoisotopic (exact) mass is 586 g/mol. The number of nitrogens with one attached hydrogen (secondary N) is 2. The van der Waals surface area contributed by atoms with Crippen molar-refractivity contribution >= 4 is 40.6 Å². The standard InChI is InChI=1S/C29H22N4O10/c34-27(24-12-11-23(33(41)42)15-26(24)29(37)38)30-20-6-1-17(2-7-20)13-18-3-8-21(9-4-18)31-43-16-19-5-10-22(32(39)40)14-25(19)28(35)36/h1-12,14-15,31H,13,16H2,(H,30,34)(H,35,36)(H,37,38). The van der Waals surface area contributed by atoms with Crippen LogP contribution in [0.2, 0.25) is 0 Å². The van der Waals surface area contributed by atoms with Crippen LogP contribution in [0.1, 0.15) is 47.8 Å². The summed E-state index contributed by atoms with van der Waals surface area (Å²) in [5.41, 5.74) is 4.13. The summed E-state index contributed by atoms with van der Waals surface area (Å²) < 4.78 is 0. The van der Waals surface area contributed by atoms with Crippen LogP contribution in [0, 0.1) is 20.2 Å². The highest BCUT2D eigenvalue weighted by atomic mass is 16.6. The van der Waals surface area contributed by atoms with E-state index in [2.05, 4.69) is 10.8 Å². The van der Waals surface area contributed by atoms with Crippen LogP contribution in [0.15, 0.2) is 84.9 Å². The fraction of sp³-hybridized carbons (Fsp3) is 0.0690. The van der Waals surface area contributed by atoms with Gasteiger partial charge in [0.15, 0.2) is 0 Å². The van der Waals surface area contributed by atoms with Crippen LogP contribution in [-0.2, 0) is 17.9 Å². The highest BCUT2D eigenvalue weighted by molar-refractivity contribution is 6.11. The maximum absolute atomic E-state index is 12.7. The quantitative estimate of drug-likeness (QED) is 0.124. The third kappa shape index (κ3) is 7.53. The number of carbonyl (C=O) groups excluding carboxylic acids is 1. The molecule has 0 unspecified atom stereocenters. The van der Waals surface area contributed by atoms with E-state index in [0.717, 1.165) is 35.4 Å². The highest BCUT2D eigenvalue weighted by Crippen LogP contribution is 2.22. The van der Waals surface area contributed by atoms with E-state index < -0.39 is 38.9 Å². The number of nitro benzene ring substituents is 2. The lowest BCUT2D eigenvalue weighted by atomic mass is 10.0. The molecule has 0 saturated heterocycles. The highest BCUT2D eigenvalue weighted by Gasteiger charge is 2.21. The second kappa shape index (κ2) is 13.0. The topological polar surface area (TPSA) is 211 Å². The molecule has 4 aromatic rings. The van der Waals surface area contributed by atoms with E-state index in [1.165, 1.54) is 12.1 Å². The van der Waals surface area contributed by atoms with Gasteiger partial charge in [0, 0.05) is 30.0 Å². The Kier molecular flexibility index (Phi) is 9.02. The third-order valence-electron chi connectivity index (χ3n) is 6.22. The summed E-state index contributed by atoms with van der Waals surface area (Å²) in [5.74, 6) is -3.49. The van der Waals surface area contributed by atoms with Crippen LogP contribution in [0.25, 0.3) is 0 Å². The molecule has 4 rings (SSSR count). The fourth-order valence-corrected chi connectivity index (χ4v) is 4.05. The molecule has 0 spiro atoms. The van der Waals surface area contributed by atoms with Gasteiger partial charge in [0.25, 0.3) is 17.3 Å². The van der Waals surface area contributed by atoms with Gasteiger partial charge in [0.2, 0.25) is 0 Å². The molecule has 4 aromatic carbocycles. The van der Waals surface area contributed by atoms with Crippen LogP contribution in [0.4, 0.5) is 22.7 Å². The Hall–Kier alpha value is -6.15. The van der Waals surface area contributed by atoms with Gasteiger partial charge in [-0.15, -0.1) is 0 Å². The van der Waals surface area contributed by atoms with Gasteiger partial charge < -0.3 is 15.5 Å². The van der Waals surface area contributed by atoms with E-state index in [1.807, 2.05) is 12.1 Å². The van der Waals surface area contributed by atoms with Crippen molar-refractivity contribution in [1.29, 1.82) is 0 Å². The number of nitrogens with zero attached hydrogens (tertiary/aromatic N) is 2. The Balaban J connectivity index is 1.33. The van der Waals surface area contributed by atoms with Crippen molar-refractivity contribution in [2.75, 3.05) is 10.8 Å². The first kappa shape index (κ1) is 29.8. The van der Waals surface area contributed by atoms with Gasteiger partial charge in [-0.25, -0.2) is 9.59 Å². The normalized spacial score (nSPS) is 10.5. The molecule has 1 amide bonds. The third-order valence-corrected chi connectivity index (χ3v) is 6.22. The molecule has 218 valence electrons. The van der Waals surface area contributed by atoms with Crippen molar-refractivity contribution in [1.82, 2.24) is 0 Å². The molecule has 0 heterocycles. The number of nitro groups is 2. The van der Waals surface area contributed by atoms with Gasteiger partial charge >= 0.3 is 11.9 Å². The molecule has 0 aromatic heterocycles. The van der Waals surface area contributed by atoms with Crippen LogP contribution in [0.5, 0.6) is 0 Å². The van der Waals surface area contributed by atoms with Crippen molar-refractivity contribution in [3.05, 3.63) is 139 Å². The smallest absolute Gasteiger partial charge is 0.336 e. The van der Waals surface area contributed by atoms with Crippen LogP contribution >= 0.6 is 0 Å². The van der Waals surface area contributed by atoms with Gasteiger partial charge in [-0.05, 0) is 59.5 Å². The lowest BCUT2D eigenvalue weighted by molar-refractivity contribution is -0.385. The van der Waals surface area contributed by atoms with E-state index >= 15 is 0 Å². The average molecular weight is 587 g/mol. The Labute approximate surface area is 242 Å². The Bertz CT molecular complexity index is 1720. The van der Waals surface area contributed by atoms with Crippen molar-refractivity contribution in [3.63, 3.8) is 0 Å². The minimum Gasteiger partial charge on any atom is -0.478 e. The van der Waals surface area contributed by atoms with Crippen molar-refractivity contribution in [2.24, 2.45) is 0 Å². The molecule has 0 aliphatic rings. The summed E-state index contributed by atoms with van der Waals surface area (Å²) in [6, 6.07) is 20.5. The molecule has 14 heteroatoms. The average Bonchev–Trinajstić information content (AvgIpc) is 2.98. The van der Waals surface area contributed by atoms with Gasteiger partial charge in [-0.1, -0.05) is 24.3 Å². The van der Waals surface area contributed by atoms with Crippen LogP contribution in [0.3, 0.4) is 0 Å². The number of aromatic carboxylic acids is 2. The van der Waals surface area contributed by atoms with E-state index in [4.69, 9.17) is 4.84 Å². The Morgan fingerprint density at radius 3 is 1.72 bits per heavy atom.